The number of aromatic nitrogens is 1. The third-order valence-electron chi connectivity index (χ3n) is 4.49. The van der Waals surface area contributed by atoms with E-state index in [2.05, 4.69) is 10.6 Å². The predicted molar refractivity (Wildman–Crippen MR) is 92.9 cm³/mol. The molecule has 0 aromatic carbocycles. The smallest absolute Gasteiger partial charge is 0.220 e. The molecule has 0 radical (unpaired) electrons. The van der Waals surface area contributed by atoms with Crippen LogP contribution in [0, 0.1) is 5.92 Å². The quantitative estimate of drug-likeness (QED) is 0.834. The fourth-order valence-corrected chi connectivity index (χ4v) is 4.36. The van der Waals surface area contributed by atoms with Crippen LogP contribution >= 0.6 is 23.7 Å². The minimum atomic E-state index is 0. The molecule has 4 nitrogen and oxygen atoms in total. The molecule has 6 heteroatoms. The minimum Gasteiger partial charge on any atom is -0.356 e. The molecule has 1 aliphatic heterocycles. The summed E-state index contributed by atoms with van der Waals surface area (Å²) in [5.41, 5.74) is 1.32. The number of nitrogens with one attached hydrogen (secondary N) is 2. The van der Waals surface area contributed by atoms with Gasteiger partial charge in [0.05, 0.1) is 10.7 Å². The Hall–Kier alpha value is -0.650. The molecule has 2 heterocycles. The number of nitrogens with zero attached hydrogens (tertiary/aromatic N) is 1. The van der Waals surface area contributed by atoms with E-state index < -0.39 is 0 Å². The van der Waals surface area contributed by atoms with Crippen LogP contribution in [-0.4, -0.2) is 30.5 Å². The molecular weight excluding hydrogens is 318 g/mol. The van der Waals surface area contributed by atoms with Gasteiger partial charge in [-0.25, -0.2) is 4.98 Å². The molecule has 3 rings (SSSR count). The summed E-state index contributed by atoms with van der Waals surface area (Å²) in [6.45, 7) is 2.92. The molecule has 1 saturated heterocycles. The van der Waals surface area contributed by atoms with E-state index >= 15 is 0 Å². The Kier molecular flexibility index (Phi) is 7.12. The van der Waals surface area contributed by atoms with Gasteiger partial charge in [0, 0.05) is 24.3 Å². The number of carbonyl (C=O) groups excluding carboxylic acids is 1. The first kappa shape index (κ1) is 17.7. The zero-order chi connectivity index (χ0) is 14.5. The highest BCUT2D eigenvalue weighted by Gasteiger charge is 2.16. The number of amides is 1. The highest BCUT2D eigenvalue weighted by Crippen LogP contribution is 2.26. The molecule has 0 spiro atoms. The van der Waals surface area contributed by atoms with Crippen LogP contribution in [-0.2, 0) is 24.1 Å². The Morgan fingerprint density at radius 3 is 3.00 bits per heavy atom. The topological polar surface area (TPSA) is 54.0 Å². The third-order valence-corrected chi connectivity index (χ3v) is 5.71. The molecule has 22 heavy (non-hydrogen) atoms. The van der Waals surface area contributed by atoms with Gasteiger partial charge in [0.15, 0.2) is 0 Å². The lowest BCUT2D eigenvalue weighted by Gasteiger charge is -2.08. The van der Waals surface area contributed by atoms with E-state index in [1.54, 1.807) is 0 Å². The zero-order valence-electron chi connectivity index (χ0n) is 13.0. The van der Waals surface area contributed by atoms with Crippen molar-refractivity contribution in [1.29, 1.82) is 0 Å². The van der Waals surface area contributed by atoms with Gasteiger partial charge in [-0.2, -0.15) is 0 Å². The maximum atomic E-state index is 11.8. The Bertz CT molecular complexity index is 462. The summed E-state index contributed by atoms with van der Waals surface area (Å²) in [7, 11) is 0. The van der Waals surface area contributed by atoms with Crippen LogP contribution in [0.3, 0.4) is 0 Å². The Balaban J connectivity index is 0.00000176. The van der Waals surface area contributed by atoms with E-state index in [1.165, 1.54) is 41.3 Å². The average molecular weight is 344 g/mol. The lowest BCUT2D eigenvalue weighted by Crippen LogP contribution is -2.26. The number of hydrogen-bond donors (Lipinski definition) is 2. The molecular formula is C16H26ClN3OS. The van der Waals surface area contributed by atoms with Gasteiger partial charge >= 0.3 is 0 Å². The van der Waals surface area contributed by atoms with E-state index in [4.69, 9.17) is 4.98 Å². The highest BCUT2D eigenvalue weighted by atomic mass is 35.5. The van der Waals surface area contributed by atoms with Crippen molar-refractivity contribution in [3.8, 4) is 0 Å². The number of carbonyl (C=O) groups is 1. The molecule has 1 atom stereocenters. The molecule has 124 valence electrons. The molecule has 1 fully saturated rings. The van der Waals surface area contributed by atoms with Crippen LogP contribution in [0.2, 0.25) is 0 Å². The van der Waals surface area contributed by atoms with Gasteiger partial charge in [0.2, 0.25) is 5.91 Å². The largest absolute Gasteiger partial charge is 0.356 e. The summed E-state index contributed by atoms with van der Waals surface area (Å²) in [5, 5.41) is 7.59. The van der Waals surface area contributed by atoms with Gasteiger partial charge in [-0.15, -0.1) is 23.7 Å². The summed E-state index contributed by atoms with van der Waals surface area (Å²) in [5.74, 6) is 0.893. The molecule has 2 N–H and O–H groups in total. The van der Waals surface area contributed by atoms with Crippen LogP contribution in [0.25, 0.3) is 0 Å². The van der Waals surface area contributed by atoms with E-state index in [9.17, 15) is 4.79 Å². The Morgan fingerprint density at radius 1 is 1.36 bits per heavy atom. The second kappa shape index (κ2) is 8.85. The summed E-state index contributed by atoms with van der Waals surface area (Å²) in [6.07, 6.45) is 8.73. The SMILES string of the molecule is Cl.O=C(CCC1CCNC1)NCCc1nc2c(s1)CCCC2. The van der Waals surface area contributed by atoms with Crippen LogP contribution in [0.15, 0.2) is 0 Å². The normalized spacial score (nSPS) is 20.3. The molecule has 1 aromatic rings. The summed E-state index contributed by atoms with van der Waals surface area (Å²) >= 11 is 1.85. The van der Waals surface area contributed by atoms with Crippen molar-refractivity contribution in [3.05, 3.63) is 15.6 Å². The van der Waals surface area contributed by atoms with Gasteiger partial charge in [0.1, 0.15) is 0 Å². The maximum absolute atomic E-state index is 11.8. The van der Waals surface area contributed by atoms with Crippen LogP contribution in [0.1, 0.15) is 47.7 Å². The maximum Gasteiger partial charge on any atom is 0.220 e. The van der Waals surface area contributed by atoms with Crippen LogP contribution in [0.4, 0.5) is 0 Å². The van der Waals surface area contributed by atoms with Crippen molar-refractivity contribution in [1.82, 2.24) is 15.6 Å². The first-order valence-corrected chi connectivity index (χ1v) is 9.08. The van der Waals surface area contributed by atoms with E-state index in [0.717, 1.165) is 38.9 Å². The number of rotatable bonds is 6. The fraction of sp³-hybridized carbons (Fsp3) is 0.750. The van der Waals surface area contributed by atoms with E-state index in [-0.39, 0.29) is 18.3 Å². The second-order valence-corrected chi connectivity index (χ2v) is 7.35. The van der Waals surface area contributed by atoms with E-state index in [0.29, 0.717) is 12.3 Å². The number of aryl methyl sites for hydroxylation is 2. The van der Waals surface area contributed by atoms with Crippen molar-refractivity contribution in [2.45, 2.75) is 51.4 Å². The van der Waals surface area contributed by atoms with E-state index in [1.807, 2.05) is 11.3 Å². The van der Waals surface area contributed by atoms with Crippen molar-refractivity contribution < 1.29 is 4.79 Å². The predicted octanol–water partition coefficient (Wildman–Crippen LogP) is 2.49. The molecule has 1 aliphatic carbocycles. The number of hydrogen-bond acceptors (Lipinski definition) is 4. The summed E-state index contributed by atoms with van der Waals surface area (Å²) in [6, 6.07) is 0. The average Bonchev–Trinajstić information content (AvgIpc) is 3.14. The van der Waals surface area contributed by atoms with Crippen molar-refractivity contribution in [2.24, 2.45) is 5.92 Å². The first-order chi connectivity index (χ1) is 10.3. The minimum absolute atomic E-state index is 0. The molecule has 1 amide bonds. The molecule has 0 bridgehead atoms. The number of halogens is 1. The van der Waals surface area contributed by atoms with Gasteiger partial charge < -0.3 is 10.6 Å². The number of fused-ring (bicyclic) bond motifs is 1. The summed E-state index contributed by atoms with van der Waals surface area (Å²) < 4.78 is 0. The standard InChI is InChI=1S/C16H25N3OS.ClH/c20-15(6-5-12-7-9-17-11-12)18-10-8-16-19-13-3-1-2-4-14(13)21-16;/h12,17H,1-11H2,(H,18,20);1H. The lowest BCUT2D eigenvalue weighted by atomic mass is 10.0. The number of thiazole rings is 1. The lowest BCUT2D eigenvalue weighted by molar-refractivity contribution is -0.121. The monoisotopic (exact) mass is 343 g/mol. The zero-order valence-corrected chi connectivity index (χ0v) is 14.7. The molecule has 2 aliphatic rings. The first-order valence-electron chi connectivity index (χ1n) is 8.26. The van der Waals surface area contributed by atoms with Gasteiger partial charge in [-0.1, -0.05) is 0 Å². The Labute approximate surface area is 142 Å². The Morgan fingerprint density at radius 2 is 2.23 bits per heavy atom. The molecule has 1 aromatic heterocycles. The van der Waals surface area contributed by atoms with Gasteiger partial charge in [0.25, 0.3) is 0 Å². The third kappa shape index (κ3) is 4.93. The summed E-state index contributed by atoms with van der Waals surface area (Å²) in [4.78, 5) is 18.0. The fourth-order valence-electron chi connectivity index (χ4n) is 3.21. The highest BCUT2D eigenvalue weighted by molar-refractivity contribution is 7.11. The molecule has 0 saturated carbocycles. The van der Waals surface area contributed by atoms with Crippen molar-refractivity contribution in [3.63, 3.8) is 0 Å². The van der Waals surface area contributed by atoms with Gasteiger partial charge in [-0.05, 0) is 57.5 Å². The van der Waals surface area contributed by atoms with Crippen LogP contribution in [0.5, 0.6) is 0 Å². The molecule has 1 unspecified atom stereocenters. The second-order valence-electron chi connectivity index (χ2n) is 6.18. The van der Waals surface area contributed by atoms with Crippen molar-refractivity contribution >= 4 is 29.7 Å². The van der Waals surface area contributed by atoms with Crippen LogP contribution < -0.4 is 10.6 Å². The van der Waals surface area contributed by atoms with Gasteiger partial charge in [-0.3, -0.25) is 4.79 Å². The van der Waals surface area contributed by atoms with Crippen molar-refractivity contribution in [2.75, 3.05) is 19.6 Å².